The minimum absolute atomic E-state index is 0.0275. The Balaban J connectivity index is 1.26. The van der Waals surface area contributed by atoms with Crippen LogP contribution in [0.2, 0.25) is 0 Å². The maximum Gasteiger partial charge on any atom is 0.266 e. The molecule has 0 atom stereocenters. The van der Waals surface area contributed by atoms with Crippen molar-refractivity contribution >= 4 is 5.82 Å². The molecule has 4 heterocycles. The molecule has 0 spiro atoms. The van der Waals surface area contributed by atoms with Gasteiger partial charge in [0.1, 0.15) is 12.1 Å². The fraction of sp³-hybridized carbons (Fsp3) is 0.619. The molecule has 0 aromatic carbocycles. The molecule has 3 aliphatic rings. The van der Waals surface area contributed by atoms with Gasteiger partial charge in [-0.1, -0.05) is 0 Å². The lowest BCUT2D eigenvalue weighted by Gasteiger charge is -2.35. The minimum Gasteiger partial charge on any atom is -0.356 e. The summed E-state index contributed by atoms with van der Waals surface area (Å²) in [5.74, 6) is 2.19. The van der Waals surface area contributed by atoms with E-state index in [2.05, 4.69) is 31.9 Å². The quantitative estimate of drug-likeness (QED) is 0.806. The van der Waals surface area contributed by atoms with E-state index in [4.69, 9.17) is 0 Å². The lowest BCUT2D eigenvalue weighted by molar-refractivity contribution is 0.306. The zero-order valence-corrected chi connectivity index (χ0v) is 16.5. The van der Waals surface area contributed by atoms with Crippen LogP contribution in [-0.4, -0.2) is 51.3 Å². The highest BCUT2D eigenvalue weighted by Gasteiger charge is 2.28. The molecule has 0 radical (unpaired) electrons. The first-order chi connectivity index (χ1) is 13.7. The molecule has 1 saturated carbocycles. The van der Waals surface area contributed by atoms with Crippen molar-refractivity contribution in [1.82, 2.24) is 24.6 Å². The van der Waals surface area contributed by atoms with E-state index in [1.807, 2.05) is 6.07 Å². The number of hydrogen-bond donors (Lipinski definition) is 0. The normalized spacial score (nSPS) is 21.0. The van der Waals surface area contributed by atoms with Crippen LogP contribution in [0.1, 0.15) is 48.6 Å². The molecule has 2 aromatic heterocycles. The summed E-state index contributed by atoms with van der Waals surface area (Å²) in [5, 5.41) is 4.64. The monoisotopic (exact) mass is 380 g/mol. The van der Waals surface area contributed by atoms with Gasteiger partial charge in [0.25, 0.3) is 5.56 Å². The topological polar surface area (TPSA) is 67.2 Å². The molecular formula is C21H28N6O. The maximum absolute atomic E-state index is 12.2. The Morgan fingerprint density at radius 3 is 2.68 bits per heavy atom. The molecular weight excluding hydrogens is 352 g/mol. The van der Waals surface area contributed by atoms with Gasteiger partial charge in [-0.2, -0.15) is 5.10 Å². The van der Waals surface area contributed by atoms with E-state index >= 15 is 0 Å². The second-order valence-electron chi connectivity index (χ2n) is 8.59. The van der Waals surface area contributed by atoms with Gasteiger partial charge in [0.15, 0.2) is 0 Å². The maximum atomic E-state index is 12.2. The molecule has 0 amide bonds. The van der Waals surface area contributed by atoms with Crippen molar-refractivity contribution in [2.45, 2.75) is 51.1 Å². The predicted molar refractivity (Wildman–Crippen MR) is 107 cm³/mol. The Kier molecular flexibility index (Phi) is 4.62. The molecule has 2 aromatic rings. The predicted octanol–water partition coefficient (Wildman–Crippen LogP) is 1.82. The molecule has 1 aliphatic carbocycles. The standard InChI is InChI=1S/C21H28N6O/c1-25-9-8-19-17(13-25)21(23-14-22-19)26-10-6-15(7-11-26)12-27-20(28)5-4-18(24-27)16-2-3-16/h4-5,14-16H,2-3,6-13H2,1H3. The molecule has 148 valence electrons. The van der Waals surface area contributed by atoms with Crippen LogP contribution >= 0.6 is 0 Å². The summed E-state index contributed by atoms with van der Waals surface area (Å²) in [6, 6.07) is 3.60. The summed E-state index contributed by atoms with van der Waals surface area (Å²) in [7, 11) is 2.16. The van der Waals surface area contributed by atoms with Gasteiger partial charge in [-0.05, 0) is 44.7 Å². The summed E-state index contributed by atoms with van der Waals surface area (Å²) in [6.45, 7) is 4.69. The van der Waals surface area contributed by atoms with Crippen molar-refractivity contribution in [3.8, 4) is 0 Å². The third-order valence-corrected chi connectivity index (χ3v) is 6.40. The van der Waals surface area contributed by atoms with E-state index in [0.717, 1.165) is 63.5 Å². The molecule has 7 heteroatoms. The van der Waals surface area contributed by atoms with Crippen molar-refractivity contribution in [3.63, 3.8) is 0 Å². The van der Waals surface area contributed by atoms with E-state index in [0.29, 0.717) is 11.8 Å². The zero-order chi connectivity index (χ0) is 19.1. The van der Waals surface area contributed by atoms with Crippen molar-refractivity contribution < 1.29 is 0 Å². The summed E-state index contributed by atoms with van der Waals surface area (Å²) < 4.78 is 1.70. The van der Waals surface area contributed by atoms with Crippen LogP contribution in [0, 0.1) is 5.92 Å². The highest BCUT2D eigenvalue weighted by molar-refractivity contribution is 5.49. The van der Waals surface area contributed by atoms with Gasteiger partial charge < -0.3 is 9.80 Å². The number of anilines is 1. The first-order valence-corrected chi connectivity index (χ1v) is 10.5. The number of likely N-dealkylation sites (N-methyl/N-ethyl adjacent to an activating group) is 1. The minimum atomic E-state index is 0.0275. The fourth-order valence-corrected chi connectivity index (χ4v) is 4.50. The second-order valence-corrected chi connectivity index (χ2v) is 8.59. The van der Waals surface area contributed by atoms with Gasteiger partial charge in [0, 0.05) is 56.7 Å². The SMILES string of the molecule is CN1CCc2ncnc(N3CCC(Cn4nc(C5CC5)ccc4=O)CC3)c2C1. The summed E-state index contributed by atoms with van der Waals surface area (Å²) in [5.41, 5.74) is 3.62. The second kappa shape index (κ2) is 7.28. The number of piperidine rings is 1. The van der Waals surface area contributed by atoms with Crippen LogP contribution in [0.3, 0.4) is 0 Å². The molecule has 0 N–H and O–H groups in total. The van der Waals surface area contributed by atoms with Crippen molar-refractivity contribution in [2.24, 2.45) is 5.92 Å². The molecule has 2 fully saturated rings. The lowest BCUT2D eigenvalue weighted by atomic mass is 9.96. The Bertz CT molecular complexity index is 913. The van der Waals surface area contributed by atoms with E-state index in [1.165, 1.54) is 24.1 Å². The van der Waals surface area contributed by atoms with Gasteiger partial charge in [-0.15, -0.1) is 0 Å². The van der Waals surface area contributed by atoms with Crippen LogP contribution in [0.4, 0.5) is 5.82 Å². The van der Waals surface area contributed by atoms with Crippen LogP contribution in [0.15, 0.2) is 23.3 Å². The molecule has 0 unspecified atom stereocenters. The van der Waals surface area contributed by atoms with Gasteiger partial charge in [0.05, 0.1) is 11.4 Å². The number of fused-ring (bicyclic) bond motifs is 1. The van der Waals surface area contributed by atoms with E-state index in [1.54, 1.807) is 17.1 Å². The Labute approximate surface area is 165 Å². The van der Waals surface area contributed by atoms with Gasteiger partial charge >= 0.3 is 0 Å². The summed E-state index contributed by atoms with van der Waals surface area (Å²) in [4.78, 5) is 26.1. The first kappa shape index (κ1) is 17.8. The zero-order valence-electron chi connectivity index (χ0n) is 16.5. The molecule has 28 heavy (non-hydrogen) atoms. The summed E-state index contributed by atoms with van der Waals surface area (Å²) in [6.07, 6.45) is 7.28. The average molecular weight is 380 g/mol. The third-order valence-electron chi connectivity index (χ3n) is 6.40. The largest absolute Gasteiger partial charge is 0.356 e. The van der Waals surface area contributed by atoms with Crippen molar-refractivity contribution in [1.29, 1.82) is 0 Å². The van der Waals surface area contributed by atoms with Crippen LogP contribution in [0.5, 0.6) is 0 Å². The molecule has 5 rings (SSSR count). The third kappa shape index (κ3) is 3.55. The van der Waals surface area contributed by atoms with Gasteiger partial charge in [0.2, 0.25) is 0 Å². The van der Waals surface area contributed by atoms with Gasteiger partial charge in [-0.25, -0.2) is 14.6 Å². The number of hydrogen-bond acceptors (Lipinski definition) is 6. The molecule has 0 bridgehead atoms. The number of rotatable bonds is 4. The summed E-state index contributed by atoms with van der Waals surface area (Å²) >= 11 is 0. The van der Waals surface area contributed by atoms with Gasteiger partial charge in [-0.3, -0.25) is 4.79 Å². The van der Waals surface area contributed by atoms with Crippen molar-refractivity contribution in [3.05, 3.63) is 45.8 Å². The molecule has 2 aliphatic heterocycles. The lowest BCUT2D eigenvalue weighted by Crippen LogP contribution is -2.39. The highest BCUT2D eigenvalue weighted by atomic mass is 16.1. The average Bonchev–Trinajstić information content (AvgIpc) is 3.55. The Morgan fingerprint density at radius 2 is 1.89 bits per heavy atom. The van der Waals surface area contributed by atoms with Crippen LogP contribution < -0.4 is 10.5 Å². The van der Waals surface area contributed by atoms with E-state index < -0.39 is 0 Å². The highest BCUT2D eigenvalue weighted by Crippen LogP contribution is 2.38. The van der Waals surface area contributed by atoms with Crippen molar-refractivity contribution in [2.75, 3.05) is 31.6 Å². The fourth-order valence-electron chi connectivity index (χ4n) is 4.50. The number of nitrogens with zero attached hydrogens (tertiary/aromatic N) is 6. The number of aromatic nitrogens is 4. The van der Waals surface area contributed by atoms with Crippen LogP contribution in [-0.2, 0) is 19.5 Å². The molecule has 1 saturated heterocycles. The van der Waals surface area contributed by atoms with E-state index in [-0.39, 0.29) is 5.56 Å². The molecule has 7 nitrogen and oxygen atoms in total. The Morgan fingerprint density at radius 1 is 1.07 bits per heavy atom. The Hall–Kier alpha value is -2.28. The van der Waals surface area contributed by atoms with Crippen LogP contribution in [0.25, 0.3) is 0 Å². The van der Waals surface area contributed by atoms with E-state index in [9.17, 15) is 4.79 Å². The smallest absolute Gasteiger partial charge is 0.266 e. The first-order valence-electron chi connectivity index (χ1n) is 10.5.